The number of aromatic nitrogens is 3. The second-order valence-corrected chi connectivity index (χ2v) is 10.4. The van der Waals surface area contributed by atoms with Crippen LogP contribution in [-0.4, -0.2) is 52.2 Å². The number of H-pyrrole nitrogens is 1. The lowest BCUT2D eigenvalue weighted by Gasteiger charge is -2.40. The van der Waals surface area contributed by atoms with Crippen LogP contribution < -0.4 is 21.2 Å². The molecule has 1 unspecified atom stereocenters. The van der Waals surface area contributed by atoms with Crippen molar-refractivity contribution in [3.63, 3.8) is 0 Å². The highest BCUT2D eigenvalue weighted by Gasteiger charge is 2.33. The predicted octanol–water partition coefficient (Wildman–Crippen LogP) is 3.29. The lowest BCUT2D eigenvalue weighted by molar-refractivity contribution is 0.102. The second-order valence-electron chi connectivity index (χ2n) is 10.4. The molecule has 3 aromatic rings. The summed E-state index contributed by atoms with van der Waals surface area (Å²) in [6.07, 6.45) is 13.9. The molecule has 0 radical (unpaired) electrons. The minimum absolute atomic E-state index is 0.0961. The molecule has 1 aromatic carbocycles. The maximum atomic E-state index is 13.2. The number of anilines is 2. The Hall–Kier alpha value is -3.71. The minimum Gasteiger partial charge on any atom is -0.360 e. The van der Waals surface area contributed by atoms with E-state index in [4.69, 9.17) is 0 Å². The van der Waals surface area contributed by atoms with Gasteiger partial charge in [0.1, 0.15) is 5.82 Å². The molecule has 0 saturated carbocycles. The molecule has 1 saturated heterocycles. The Kier molecular flexibility index (Phi) is 6.74. The molecule has 2 aromatic heterocycles. The van der Waals surface area contributed by atoms with Crippen LogP contribution in [-0.2, 0) is 5.41 Å². The molecule has 3 heterocycles. The first-order valence-corrected chi connectivity index (χ1v) is 12.6. The van der Waals surface area contributed by atoms with Crippen LogP contribution in [0.4, 0.5) is 11.5 Å². The Morgan fingerprint density at radius 3 is 2.69 bits per heavy atom. The Bertz CT molecular complexity index is 1360. The number of nitrogens with zero attached hydrogens (tertiary/aromatic N) is 3. The zero-order valence-electron chi connectivity index (χ0n) is 21.2. The molecule has 186 valence electrons. The van der Waals surface area contributed by atoms with Gasteiger partial charge in [-0.25, -0.2) is 4.98 Å². The third-order valence-corrected chi connectivity index (χ3v) is 7.62. The van der Waals surface area contributed by atoms with E-state index in [1.807, 2.05) is 36.4 Å². The number of carbonyl (C=O) groups excluding carboxylic acids is 1. The Morgan fingerprint density at radius 1 is 1.14 bits per heavy atom. The molecule has 1 aliphatic carbocycles. The maximum absolute atomic E-state index is 13.2. The van der Waals surface area contributed by atoms with E-state index >= 15 is 0 Å². The van der Waals surface area contributed by atoms with Crippen molar-refractivity contribution in [2.24, 2.45) is 5.92 Å². The van der Waals surface area contributed by atoms with E-state index in [0.29, 0.717) is 17.3 Å². The number of piperidine rings is 1. The molecule has 0 bridgehead atoms. The van der Waals surface area contributed by atoms with Gasteiger partial charge in [-0.3, -0.25) is 9.89 Å². The number of benzene rings is 1. The van der Waals surface area contributed by atoms with Gasteiger partial charge in [0.05, 0.1) is 23.2 Å². The van der Waals surface area contributed by atoms with E-state index in [9.17, 15) is 4.79 Å². The third kappa shape index (κ3) is 5.11. The summed E-state index contributed by atoms with van der Waals surface area (Å²) in [5.74, 6) is 0.992. The van der Waals surface area contributed by atoms with Crippen LogP contribution in [0.1, 0.15) is 42.6 Å². The van der Waals surface area contributed by atoms with Crippen LogP contribution in [0.25, 0.3) is 12.2 Å². The summed E-state index contributed by atoms with van der Waals surface area (Å²) in [6, 6.07) is 11.7. The van der Waals surface area contributed by atoms with Gasteiger partial charge in [-0.05, 0) is 80.2 Å². The summed E-state index contributed by atoms with van der Waals surface area (Å²) in [7, 11) is 2.20. The number of likely N-dealkylation sites (tertiary alicyclic amines) is 1. The summed E-state index contributed by atoms with van der Waals surface area (Å²) in [4.78, 5) is 20.1. The van der Waals surface area contributed by atoms with Gasteiger partial charge >= 0.3 is 0 Å². The van der Waals surface area contributed by atoms with Crippen molar-refractivity contribution in [1.82, 2.24) is 20.1 Å². The highest BCUT2D eigenvalue weighted by Crippen LogP contribution is 2.38. The van der Waals surface area contributed by atoms with Gasteiger partial charge in [0, 0.05) is 17.1 Å². The van der Waals surface area contributed by atoms with E-state index in [1.165, 1.54) is 18.4 Å². The molecule has 1 fully saturated rings. The number of hydrogen-bond acceptors (Lipinski definition) is 5. The second kappa shape index (κ2) is 10.1. The molecular formula is C29H34N6O. The monoisotopic (exact) mass is 482 g/mol. The molecule has 1 amide bonds. The van der Waals surface area contributed by atoms with Gasteiger partial charge in [-0.15, -0.1) is 0 Å². The van der Waals surface area contributed by atoms with Gasteiger partial charge in [-0.2, -0.15) is 5.10 Å². The predicted molar refractivity (Wildman–Crippen MR) is 145 cm³/mol. The van der Waals surface area contributed by atoms with E-state index in [-0.39, 0.29) is 17.4 Å². The fraction of sp³-hybridized carbons (Fsp3) is 0.345. The largest absolute Gasteiger partial charge is 0.360 e. The number of aromatic amines is 1. The van der Waals surface area contributed by atoms with Gasteiger partial charge in [0.25, 0.3) is 5.91 Å². The van der Waals surface area contributed by atoms with Gasteiger partial charge in [0.15, 0.2) is 0 Å². The van der Waals surface area contributed by atoms with Crippen LogP contribution in [0.5, 0.6) is 0 Å². The van der Waals surface area contributed by atoms with Crippen molar-refractivity contribution >= 4 is 29.6 Å². The van der Waals surface area contributed by atoms with Crippen LogP contribution in [0, 0.1) is 5.92 Å². The first-order valence-electron chi connectivity index (χ1n) is 12.6. The molecule has 3 N–H and O–H groups in total. The highest BCUT2D eigenvalue weighted by atomic mass is 16.1. The van der Waals surface area contributed by atoms with E-state index in [0.717, 1.165) is 29.3 Å². The SMILES string of the molecule is CN1CCC(C(C)(C)c2ccc(NC(=O)c3cccnc3NC3C=CC=c4cn[nH]c4=C3)cc2)CC1. The van der Waals surface area contributed by atoms with Crippen molar-refractivity contribution in [1.29, 1.82) is 0 Å². The first kappa shape index (κ1) is 24.0. The van der Waals surface area contributed by atoms with E-state index in [2.05, 4.69) is 63.7 Å². The van der Waals surface area contributed by atoms with Crippen molar-refractivity contribution in [2.75, 3.05) is 30.8 Å². The highest BCUT2D eigenvalue weighted by molar-refractivity contribution is 6.07. The topological polar surface area (TPSA) is 85.9 Å². The van der Waals surface area contributed by atoms with Crippen LogP contribution in [0.2, 0.25) is 0 Å². The smallest absolute Gasteiger partial charge is 0.259 e. The zero-order chi connectivity index (χ0) is 25.1. The van der Waals surface area contributed by atoms with Gasteiger partial charge in [0.2, 0.25) is 0 Å². The Morgan fingerprint density at radius 2 is 1.92 bits per heavy atom. The molecule has 1 atom stereocenters. The average molecular weight is 483 g/mol. The van der Waals surface area contributed by atoms with Crippen molar-refractivity contribution in [3.05, 3.63) is 82.6 Å². The fourth-order valence-electron chi connectivity index (χ4n) is 5.18. The molecule has 7 nitrogen and oxygen atoms in total. The number of pyridine rings is 1. The summed E-state index contributed by atoms with van der Waals surface area (Å²) < 4.78 is 0. The lowest BCUT2D eigenvalue weighted by atomic mass is 9.69. The number of amides is 1. The van der Waals surface area contributed by atoms with Crippen LogP contribution in [0.15, 0.2) is 60.9 Å². The molecule has 7 heteroatoms. The van der Waals surface area contributed by atoms with Crippen molar-refractivity contribution in [2.45, 2.75) is 38.1 Å². The summed E-state index contributed by atoms with van der Waals surface area (Å²) in [5, 5.41) is 15.5. The molecule has 0 spiro atoms. The number of nitrogens with one attached hydrogen (secondary N) is 3. The number of fused-ring (bicyclic) bond motifs is 1. The van der Waals surface area contributed by atoms with Crippen molar-refractivity contribution < 1.29 is 4.79 Å². The molecule has 2 aliphatic rings. The van der Waals surface area contributed by atoms with Crippen LogP contribution in [0.3, 0.4) is 0 Å². The van der Waals surface area contributed by atoms with Gasteiger partial charge in [-0.1, -0.05) is 44.2 Å². The zero-order valence-corrected chi connectivity index (χ0v) is 21.2. The molecule has 1 aliphatic heterocycles. The Labute approximate surface area is 212 Å². The van der Waals surface area contributed by atoms with E-state index < -0.39 is 0 Å². The van der Waals surface area contributed by atoms with E-state index in [1.54, 1.807) is 24.5 Å². The molecular weight excluding hydrogens is 448 g/mol. The normalized spacial score (nSPS) is 18.5. The minimum atomic E-state index is -0.195. The maximum Gasteiger partial charge on any atom is 0.259 e. The molecule has 36 heavy (non-hydrogen) atoms. The number of rotatable bonds is 6. The summed E-state index contributed by atoms with van der Waals surface area (Å²) in [6.45, 7) is 6.99. The summed E-state index contributed by atoms with van der Waals surface area (Å²) >= 11 is 0. The number of hydrogen-bond donors (Lipinski definition) is 3. The number of carbonyl (C=O) groups is 1. The lowest BCUT2D eigenvalue weighted by Crippen LogP contribution is -2.39. The standard InChI is InChI=1S/C29H34N6O/c1-29(2,22-13-16-35(3)17-14-22)21-9-11-23(12-10-21)33-28(36)25-8-5-15-30-27(25)32-24-7-4-6-20-19-31-34-26(20)18-24/h4-12,15,18-19,22,24,34H,13-14,16-17H2,1-3H3,(H,30,32)(H,33,36). The van der Waals surface area contributed by atoms with Crippen molar-refractivity contribution in [3.8, 4) is 0 Å². The summed E-state index contributed by atoms with van der Waals surface area (Å²) in [5.41, 5.74) is 2.67. The fourth-order valence-corrected chi connectivity index (χ4v) is 5.18. The third-order valence-electron chi connectivity index (χ3n) is 7.62. The Balaban J connectivity index is 1.29. The number of allylic oxidation sites excluding steroid dienone is 1. The molecule has 5 rings (SSSR count). The van der Waals surface area contributed by atoms with Crippen LogP contribution >= 0.6 is 0 Å². The average Bonchev–Trinajstić information content (AvgIpc) is 3.22. The first-order chi connectivity index (χ1) is 17.4. The van der Waals surface area contributed by atoms with Gasteiger partial charge < -0.3 is 15.5 Å². The quantitative estimate of drug-likeness (QED) is 0.502.